The summed E-state index contributed by atoms with van der Waals surface area (Å²) < 4.78 is 0. The number of carbonyl (C=O) groups is 3. The standard InChI is InChI=1S/C13H22N2O4/c1-8(2)7-13(4-5-15-12(13)19)9(11(17)18)6-10(16)14-3/h8-9H,4-7H2,1-3H3,(H,14,16)(H,15,19)(H,17,18). The van der Waals surface area contributed by atoms with Gasteiger partial charge in [-0.3, -0.25) is 14.4 Å². The monoisotopic (exact) mass is 270 g/mol. The van der Waals surface area contributed by atoms with Gasteiger partial charge in [-0.25, -0.2) is 0 Å². The fraction of sp³-hybridized carbons (Fsp3) is 0.769. The van der Waals surface area contributed by atoms with E-state index < -0.39 is 17.3 Å². The predicted molar refractivity (Wildman–Crippen MR) is 69.3 cm³/mol. The van der Waals surface area contributed by atoms with E-state index in [0.717, 1.165) is 0 Å². The zero-order chi connectivity index (χ0) is 14.6. The maximum atomic E-state index is 12.1. The average Bonchev–Trinajstić information content (AvgIpc) is 2.66. The topological polar surface area (TPSA) is 95.5 Å². The van der Waals surface area contributed by atoms with Crippen molar-refractivity contribution < 1.29 is 19.5 Å². The number of carboxylic acid groups (broad SMARTS) is 1. The molecular weight excluding hydrogens is 248 g/mol. The van der Waals surface area contributed by atoms with E-state index in [1.54, 1.807) is 0 Å². The van der Waals surface area contributed by atoms with E-state index in [-0.39, 0.29) is 24.2 Å². The normalized spacial score (nSPS) is 24.1. The molecule has 2 unspecified atom stereocenters. The Hall–Kier alpha value is -1.59. The second kappa shape index (κ2) is 6.04. The molecule has 0 aromatic rings. The van der Waals surface area contributed by atoms with Crippen molar-refractivity contribution in [1.82, 2.24) is 10.6 Å². The molecule has 0 saturated carbocycles. The first-order valence-corrected chi connectivity index (χ1v) is 6.55. The van der Waals surface area contributed by atoms with Crippen molar-refractivity contribution in [2.24, 2.45) is 17.3 Å². The highest BCUT2D eigenvalue weighted by Crippen LogP contribution is 2.43. The van der Waals surface area contributed by atoms with E-state index in [1.807, 2.05) is 13.8 Å². The highest BCUT2D eigenvalue weighted by molar-refractivity contribution is 5.92. The third kappa shape index (κ3) is 3.24. The van der Waals surface area contributed by atoms with Gasteiger partial charge in [0, 0.05) is 20.0 Å². The Morgan fingerprint density at radius 2 is 2.11 bits per heavy atom. The summed E-state index contributed by atoms with van der Waals surface area (Å²) in [6.45, 7) is 4.38. The largest absolute Gasteiger partial charge is 0.481 e. The Morgan fingerprint density at radius 3 is 2.47 bits per heavy atom. The lowest BCUT2D eigenvalue weighted by atomic mass is 9.67. The van der Waals surface area contributed by atoms with Crippen LogP contribution in [-0.4, -0.2) is 36.5 Å². The zero-order valence-electron chi connectivity index (χ0n) is 11.7. The Labute approximate surface area is 112 Å². The predicted octanol–water partition coefficient (Wildman–Crippen LogP) is 0.376. The van der Waals surface area contributed by atoms with Crippen molar-refractivity contribution >= 4 is 17.8 Å². The van der Waals surface area contributed by atoms with Crippen LogP contribution < -0.4 is 10.6 Å². The molecule has 6 heteroatoms. The van der Waals surface area contributed by atoms with Crippen LogP contribution in [0.15, 0.2) is 0 Å². The Morgan fingerprint density at radius 1 is 1.47 bits per heavy atom. The SMILES string of the molecule is CNC(=O)CC(C(=O)O)C1(CC(C)C)CCNC1=O. The number of aliphatic carboxylic acids is 1. The van der Waals surface area contributed by atoms with E-state index in [4.69, 9.17) is 0 Å². The van der Waals surface area contributed by atoms with Gasteiger partial charge in [-0.15, -0.1) is 0 Å². The van der Waals surface area contributed by atoms with Crippen molar-refractivity contribution in [2.45, 2.75) is 33.1 Å². The molecule has 0 aromatic carbocycles. The van der Waals surface area contributed by atoms with Gasteiger partial charge in [0.05, 0.1) is 11.3 Å². The molecule has 1 heterocycles. The first-order chi connectivity index (χ1) is 8.83. The van der Waals surface area contributed by atoms with Gasteiger partial charge in [-0.2, -0.15) is 0 Å². The zero-order valence-corrected chi connectivity index (χ0v) is 11.7. The lowest BCUT2D eigenvalue weighted by molar-refractivity contribution is -0.154. The molecule has 0 bridgehead atoms. The summed E-state index contributed by atoms with van der Waals surface area (Å²) in [5.74, 6) is -2.46. The number of carbonyl (C=O) groups excluding carboxylic acids is 2. The molecule has 1 aliphatic rings. The molecule has 19 heavy (non-hydrogen) atoms. The molecule has 1 fully saturated rings. The molecule has 1 aliphatic heterocycles. The van der Waals surface area contributed by atoms with E-state index in [9.17, 15) is 19.5 Å². The van der Waals surface area contributed by atoms with Crippen LogP contribution in [0.4, 0.5) is 0 Å². The van der Waals surface area contributed by atoms with Gasteiger partial charge in [0.15, 0.2) is 0 Å². The minimum atomic E-state index is -1.08. The van der Waals surface area contributed by atoms with Crippen LogP contribution >= 0.6 is 0 Å². The molecule has 2 amide bonds. The third-order valence-corrected chi connectivity index (χ3v) is 3.71. The number of hydrogen-bond donors (Lipinski definition) is 3. The van der Waals surface area contributed by atoms with Gasteiger partial charge in [-0.1, -0.05) is 13.8 Å². The number of carboxylic acids is 1. The van der Waals surface area contributed by atoms with Crippen LogP contribution in [-0.2, 0) is 14.4 Å². The van der Waals surface area contributed by atoms with Crippen LogP contribution in [0, 0.1) is 17.3 Å². The van der Waals surface area contributed by atoms with Crippen molar-refractivity contribution in [3.63, 3.8) is 0 Å². The van der Waals surface area contributed by atoms with E-state index in [0.29, 0.717) is 19.4 Å². The lowest BCUT2D eigenvalue weighted by Gasteiger charge is -2.33. The lowest BCUT2D eigenvalue weighted by Crippen LogP contribution is -2.45. The fourth-order valence-electron chi connectivity index (χ4n) is 2.89. The number of amides is 2. The molecular formula is C13H22N2O4. The minimum Gasteiger partial charge on any atom is -0.481 e. The first-order valence-electron chi connectivity index (χ1n) is 6.55. The number of nitrogens with one attached hydrogen (secondary N) is 2. The van der Waals surface area contributed by atoms with E-state index >= 15 is 0 Å². The average molecular weight is 270 g/mol. The summed E-state index contributed by atoms with van der Waals surface area (Å²) in [6, 6.07) is 0. The molecule has 3 N–H and O–H groups in total. The molecule has 0 spiro atoms. The van der Waals surface area contributed by atoms with Gasteiger partial charge >= 0.3 is 5.97 Å². The molecule has 0 aliphatic carbocycles. The van der Waals surface area contributed by atoms with Crippen LogP contribution in [0.2, 0.25) is 0 Å². The van der Waals surface area contributed by atoms with Gasteiger partial charge in [-0.05, 0) is 18.8 Å². The van der Waals surface area contributed by atoms with Crippen molar-refractivity contribution in [1.29, 1.82) is 0 Å². The molecule has 1 rings (SSSR count). The Bertz CT molecular complexity index is 381. The van der Waals surface area contributed by atoms with Crippen molar-refractivity contribution in [3.8, 4) is 0 Å². The molecule has 6 nitrogen and oxygen atoms in total. The quantitative estimate of drug-likeness (QED) is 0.650. The first kappa shape index (κ1) is 15.5. The van der Waals surface area contributed by atoms with Crippen LogP contribution in [0.25, 0.3) is 0 Å². The van der Waals surface area contributed by atoms with Crippen molar-refractivity contribution in [3.05, 3.63) is 0 Å². The highest BCUT2D eigenvalue weighted by atomic mass is 16.4. The van der Waals surface area contributed by atoms with Gasteiger partial charge < -0.3 is 15.7 Å². The summed E-state index contributed by atoms with van der Waals surface area (Å²) in [7, 11) is 1.46. The Balaban J connectivity index is 3.08. The fourth-order valence-corrected chi connectivity index (χ4v) is 2.89. The van der Waals surface area contributed by atoms with Crippen LogP contribution in [0.5, 0.6) is 0 Å². The molecule has 1 saturated heterocycles. The summed E-state index contributed by atoms with van der Waals surface area (Å²) in [6.07, 6.45) is 0.788. The van der Waals surface area contributed by atoms with Crippen LogP contribution in [0.3, 0.4) is 0 Å². The summed E-state index contributed by atoms with van der Waals surface area (Å²) >= 11 is 0. The van der Waals surface area contributed by atoms with Gasteiger partial charge in [0.2, 0.25) is 11.8 Å². The smallest absolute Gasteiger partial charge is 0.308 e. The number of rotatable bonds is 6. The summed E-state index contributed by atoms with van der Waals surface area (Å²) in [4.78, 5) is 35.2. The third-order valence-electron chi connectivity index (χ3n) is 3.71. The summed E-state index contributed by atoms with van der Waals surface area (Å²) in [5.41, 5.74) is -0.966. The summed E-state index contributed by atoms with van der Waals surface area (Å²) in [5, 5.41) is 14.5. The second-order valence-corrected chi connectivity index (χ2v) is 5.53. The molecule has 2 atom stereocenters. The van der Waals surface area contributed by atoms with E-state index in [1.165, 1.54) is 7.05 Å². The highest BCUT2D eigenvalue weighted by Gasteiger charge is 2.52. The second-order valence-electron chi connectivity index (χ2n) is 5.53. The molecule has 108 valence electrons. The molecule has 0 radical (unpaired) electrons. The maximum absolute atomic E-state index is 12.1. The van der Waals surface area contributed by atoms with Crippen LogP contribution in [0.1, 0.15) is 33.1 Å². The Kier molecular flexibility index (Phi) is 4.91. The maximum Gasteiger partial charge on any atom is 0.308 e. The minimum absolute atomic E-state index is 0.161. The van der Waals surface area contributed by atoms with Crippen molar-refractivity contribution in [2.75, 3.05) is 13.6 Å². The number of hydrogen-bond acceptors (Lipinski definition) is 3. The van der Waals surface area contributed by atoms with E-state index in [2.05, 4.69) is 10.6 Å². The molecule has 0 aromatic heterocycles. The van der Waals surface area contributed by atoms with Gasteiger partial charge in [0.1, 0.15) is 0 Å². The van der Waals surface area contributed by atoms with Gasteiger partial charge in [0.25, 0.3) is 0 Å².